The third kappa shape index (κ3) is 7.46. The van der Waals surface area contributed by atoms with E-state index < -0.39 is 5.60 Å². The first-order valence-corrected chi connectivity index (χ1v) is 9.37. The van der Waals surface area contributed by atoms with E-state index in [1.807, 2.05) is 45.0 Å². The van der Waals surface area contributed by atoms with Crippen LogP contribution in [0, 0.1) is 0 Å². The van der Waals surface area contributed by atoms with Crippen LogP contribution in [0.1, 0.15) is 26.3 Å². The fraction of sp³-hybridized carbons (Fsp3) is 0.600. The third-order valence-electron chi connectivity index (χ3n) is 4.29. The molecule has 2 rings (SSSR count). The van der Waals surface area contributed by atoms with Crippen molar-refractivity contribution in [3.05, 3.63) is 29.8 Å². The van der Waals surface area contributed by atoms with Gasteiger partial charge in [0.15, 0.2) is 0 Å². The predicted octanol–water partition coefficient (Wildman–Crippen LogP) is 1.91. The molecule has 1 N–H and O–H groups in total. The maximum absolute atomic E-state index is 12.1. The third-order valence-corrected chi connectivity index (χ3v) is 4.29. The fourth-order valence-electron chi connectivity index (χ4n) is 2.81. The Bertz CT molecular complexity index is 617. The second-order valence-corrected chi connectivity index (χ2v) is 7.69. The Morgan fingerprint density at radius 1 is 1.07 bits per heavy atom. The maximum Gasteiger partial charge on any atom is 0.410 e. The van der Waals surface area contributed by atoms with Gasteiger partial charge in [-0.15, -0.1) is 0 Å². The molecule has 1 aliphatic rings. The number of ether oxygens (including phenoxy) is 2. The summed E-state index contributed by atoms with van der Waals surface area (Å²) in [5.74, 6) is 0.836. The van der Waals surface area contributed by atoms with Crippen LogP contribution in [0.4, 0.5) is 4.79 Å². The van der Waals surface area contributed by atoms with Crippen LogP contribution in [-0.4, -0.2) is 73.8 Å². The molecule has 1 aromatic carbocycles. The molecule has 1 aliphatic heterocycles. The number of rotatable bonds is 6. The molecule has 0 aliphatic carbocycles. The number of methoxy groups -OCH3 is 1. The van der Waals surface area contributed by atoms with Crippen LogP contribution in [0.5, 0.6) is 5.75 Å². The zero-order valence-corrected chi connectivity index (χ0v) is 16.8. The molecule has 0 aromatic heterocycles. The quantitative estimate of drug-likeness (QED) is 0.820. The molecular weight excluding hydrogens is 346 g/mol. The Kier molecular flexibility index (Phi) is 7.47. The lowest BCUT2D eigenvalue weighted by Gasteiger charge is -2.35. The molecule has 1 heterocycles. The predicted molar refractivity (Wildman–Crippen MR) is 104 cm³/mol. The Morgan fingerprint density at radius 3 is 2.26 bits per heavy atom. The Labute approximate surface area is 161 Å². The topological polar surface area (TPSA) is 71.1 Å². The highest BCUT2D eigenvalue weighted by Gasteiger charge is 2.26. The summed E-state index contributed by atoms with van der Waals surface area (Å²) in [6, 6.07) is 7.84. The van der Waals surface area contributed by atoms with E-state index in [0.717, 1.165) is 17.7 Å². The van der Waals surface area contributed by atoms with Crippen molar-refractivity contribution in [3.63, 3.8) is 0 Å². The van der Waals surface area contributed by atoms with Gasteiger partial charge in [0.2, 0.25) is 5.91 Å². The van der Waals surface area contributed by atoms with Crippen molar-refractivity contribution in [1.82, 2.24) is 15.1 Å². The van der Waals surface area contributed by atoms with Crippen LogP contribution in [-0.2, 0) is 16.0 Å². The van der Waals surface area contributed by atoms with Crippen LogP contribution < -0.4 is 10.1 Å². The summed E-state index contributed by atoms with van der Waals surface area (Å²) in [4.78, 5) is 27.9. The van der Waals surface area contributed by atoms with Crippen molar-refractivity contribution in [2.75, 3.05) is 46.4 Å². The SMILES string of the molecule is COc1ccc(CCNC(=O)CN2CCN(C(=O)OC(C)(C)C)CC2)cc1. The van der Waals surface area contributed by atoms with Gasteiger partial charge in [-0.3, -0.25) is 9.69 Å². The first-order chi connectivity index (χ1) is 12.8. The van der Waals surface area contributed by atoms with Crippen molar-refractivity contribution in [3.8, 4) is 5.75 Å². The standard InChI is InChI=1S/C20H31N3O4/c1-20(2,3)27-19(25)23-13-11-22(12-14-23)15-18(24)21-10-9-16-5-7-17(26-4)8-6-16/h5-8H,9-15H2,1-4H3,(H,21,24). The molecule has 1 saturated heterocycles. The van der Waals surface area contributed by atoms with Crippen molar-refractivity contribution in [2.45, 2.75) is 32.8 Å². The van der Waals surface area contributed by atoms with Gasteiger partial charge in [-0.05, 0) is 44.9 Å². The van der Waals surface area contributed by atoms with Crippen LogP contribution >= 0.6 is 0 Å². The first kappa shape index (κ1) is 21.0. The molecular formula is C20H31N3O4. The summed E-state index contributed by atoms with van der Waals surface area (Å²) in [7, 11) is 1.64. The van der Waals surface area contributed by atoms with Crippen LogP contribution in [0.2, 0.25) is 0 Å². The largest absolute Gasteiger partial charge is 0.497 e. The van der Waals surface area contributed by atoms with E-state index in [4.69, 9.17) is 9.47 Å². The molecule has 1 aromatic rings. The number of amides is 2. The minimum Gasteiger partial charge on any atom is -0.497 e. The zero-order valence-electron chi connectivity index (χ0n) is 16.8. The van der Waals surface area contributed by atoms with E-state index in [-0.39, 0.29) is 12.0 Å². The Hall–Kier alpha value is -2.28. The Morgan fingerprint density at radius 2 is 1.70 bits per heavy atom. The van der Waals surface area contributed by atoms with E-state index in [1.165, 1.54) is 0 Å². The van der Waals surface area contributed by atoms with E-state index in [1.54, 1.807) is 12.0 Å². The van der Waals surface area contributed by atoms with Crippen molar-refractivity contribution in [2.24, 2.45) is 0 Å². The molecule has 0 saturated carbocycles. The highest BCUT2D eigenvalue weighted by atomic mass is 16.6. The number of nitrogens with zero attached hydrogens (tertiary/aromatic N) is 2. The number of benzene rings is 1. The summed E-state index contributed by atoms with van der Waals surface area (Å²) in [6.07, 6.45) is 0.494. The molecule has 0 spiro atoms. The number of piperazine rings is 1. The van der Waals surface area contributed by atoms with E-state index in [0.29, 0.717) is 39.3 Å². The molecule has 0 radical (unpaired) electrons. The number of carbonyl (C=O) groups is 2. The van der Waals surface area contributed by atoms with Crippen LogP contribution in [0.15, 0.2) is 24.3 Å². The van der Waals surface area contributed by atoms with E-state index in [9.17, 15) is 9.59 Å². The maximum atomic E-state index is 12.1. The molecule has 27 heavy (non-hydrogen) atoms. The molecule has 0 bridgehead atoms. The van der Waals surface area contributed by atoms with Crippen molar-refractivity contribution >= 4 is 12.0 Å². The summed E-state index contributed by atoms with van der Waals surface area (Å²) in [5.41, 5.74) is 0.667. The minimum atomic E-state index is -0.488. The molecule has 0 unspecified atom stereocenters. The highest BCUT2D eigenvalue weighted by Crippen LogP contribution is 2.12. The summed E-state index contributed by atoms with van der Waals surface area (Å²) < 4.78 is 10.5. The smallest absolute Gasteiger partial charge is 0.410 e. The van der Waals surface area contributed by atoms with Gasteiger partial charge < -0.3 is 19.7 Å². The van der Waals surface area contributed by atoms with Gasteiger partial charge >= 0.3 is 6.09 Å². The minimum absolute atomic E-state index is 0.00855. The lowest BCUT2D eigenvalue weighted by atomic mass is 10.1. The summed E-state index contributed by atoms with van der Waals surface area (Å²) in [5, 5.41) is 2.95. The van der Waals surface area contributed by atoms with Gasteiger partial charge in [-0.1, -0.05) is 12.1 Å². The van der Waals surface area contributed by atoms with Gasteiger partial charge in [0.1, 0.15) is 11.4 Å². The fourth-order valence-corrected chi connectivity index (χ4v) is 2.81. The summed E-state index contributed by atoms with van der Waals surface area (Å²) >= 11 is 0. The van der Waals surface area contributed by atoms with Gasteiger partial charge in [-0.2, -0.15) is 0 Å². The number of nitrogens with one attached hydrogen (secondary N) is 1. The molecule has 7 nitrogen and oxygen atoms in total. The lowest BCUT2D eigenvalue weighted by Crippen LogP contribution is -2.52. The Balaban J connectivity index is 1.64. The first-order valence-electron chi connectivity index (χ1n) is 9.37. The van der Waals surface area contributed by atoms with Crippen LogP contribution in [0.3, 0.4) is 0 Å². The summed E-state index contributed by atoms with van der Waals surface area (Å²) in [6.45, 7) is 9.03. The molecule has 0 atom stereocenters. The molecule has 150 valence electrons. The van der Waals surface area contributed by atoms with Gasteiger partial charge in [0, 0.05) is 32.7 Å². The zero-order chi connectivity index (χ0) is 19.9. The van der Waals surface area contributed by atoms with Gasteiger partial charge in [-0.25, -0.2) is 4.79 Å². The normalized spacial score (nSPS) is 15.3. The van der Waals surface area contributed by atoms with Gasteiger partial charge in [0.05, 0.1) is 13.7 Å². The van der Waals surface area contributed by atoms with Gasteiger partial charge in [0.25, 0.3) is 0 Å². The second-order valence-electron chi connectivity index (χ2n) is 7.69. The van der Waals surface area contributed by atoms with E-state index >= 15 is 0 Å². The number of carbonyl (C=O) groups excluding carboxylic acids is 2. The van der Waals surface area contributed by atoms with Crippen molar-refractivity contribution in [1.29, 1.82) is 0 Å². The number of hydrogen-bond donors (Lipinski definition) is 1. The lowest BCUT2D eigenvalue weighted by molar-refractivity contribution is -0.122. The van der Waals surface area contributed by atoms with E-state index in [2.05, 4.69) is 10.2 Å². The molecule has 2 amide bonds. The average molecular weight is 377 g/mol. The molecule has 1 fully saturated rings. The molecule has 7 heteroatoms. The highest BCUT2D eigenvalue weighted by molar-refractivity contribution is 5.78. The number of hydrogen-bond acceptors (Lipinski definition) is 5. The van der Waals surface area contributed by atoms with Crippen LogP contribution in [0.25, 0.3) is 0 Å². The van der Waals surface area contributed by atoms with Crippen molar-refractivity contribution < 1.29 is 19.1 Å². The second kappa shape index (κ2) is 9.60. The average Bonchev–Trinajstić information content (AvgIpc) is 2.61. The monoisotopic (exact) mass is 377 g/mol.